The fourth-order valence-electron chi connectivity index (χ4n) is 5.76. The summed E-state index contributed by atoms with van der Waals surface area (Å²) in [5.41, 5.74) is 14.0. The Kier molecular flexibility index (Phi) is 12.0. The van der Waals surface area contributed by atoms with Crippen molar-refractivity contribution in [2.75, 3.05) is 23.7 Å². The van der Waals surface area contributed by atoms with Gasteiger partial charge >= 0.3 is 0 Å². The molecule has 3 N–H and O–H groups in total. The first-order chi connectivity index (χ1) is 22.2. The maximum absolute atomic E-state index is 13.9. The van der Waals surface area contributed by atoms with Gasteiger partial charge in [-0.3, -0.25) is 9.78 Å². The molecule has 0 saturated carbocycles. The lowest BCUT2D eigenvalue weighted by molar-refractivity contribution is -0.116. The van der Waals surface area contributed by atoms with E-state index < -0.39 is 15.9 Å². The number of sulfonamides is 1. The van der Waals surface area contributed by atoms with Crippen LogP contribution in [0.25, 0.3) is 0 Å². The van der Waals surface area contributed by atoms with Gasteiger partial charge in [-0.2, -0.15) is 9.42 Å². The number of carbonyl (C=O) groups excluding carboxylic acids is 1. The second-order valence-corrected chi connectivity index (χ2v) is 13.2. The van der Waals surface area contributed by atoms with E-state index in [9.17, 15) is 13.2 Å². The first kappa shape index (κ1) is 35.9. The second-order valence-electron chi connectivity index (χ2n) is 11.3. The van der Waals surface area contributed by atoms with Crippen LogP contribution in [-0.4, -0.2) is 47.8 Å². The minimum Gasteiger partial charge on any atom is -0.472 e. The van der Waals surface area contributed by atoms with Crippen LogP contribution in [0, 0.1) is 19.4 Å². The number of amides is 1. The van der Waals surface area contributed by atoms with Crippen molar-refractivity contribution in [1.29, 1.82) is 5.53 Å². The van der Waals surface area contributed by atoms with Crippen molar-refractivity contribution in [2.24, 2.45) is 5.11 Å². The van der Waals surface area contributed by atoms with Crippen molar-refractivity contribution in [3.8, 4) is 5.88 Å². The molecule has 47 heavy (non-hydrogen) atoms. The van der Waals surface area contributed by atoms with E-state index in [0.717, 1.165) is 33.5 Å². The van der Waals surface area contributed by atoms with Crippen molar-refractivity contribution in [2.45, 2.75) is 64.0 Å². The van der Waals surface area contributed by atoms with Gasteiger partial charge in [0.1, 0.15) is 16.7 Å². The standard InChI is InChI=1S/C34H39N7O4S.HI.H2/c1-5-27-21-41(46(43,44)31-8-7-15-38-34(31)45-27)20-25-18-24(10-9-22(25)3)29(19-32(42)39-26-13-16-36-17-14-26)28-11-12-30(37-6-2)33(40-35)23(28)4;;/h7-18,27,29,35,37H,5-6,19-21H2,1-4H3,(H,36,39,42);2*1H/t27-,29+;;/m1../s1. The maximum atomic E-state index is 13.9. The van der Waals surface area contributed by atoms with Crippen LogP contribution in [-0.2, 0) is 21.4 Å². The normalized spacial score (nSPS) is 16.0. The van der Waals surface area contributed by atoms with Gasteiger partial charge in [-0.1, -0.05) is 31.2 Å². The van der Waals surface area contributed by atoms with E-state index >= 15 is 0 Å². The zero-order valence-corrected chi connectivity index (χ0v) is 30.0. The van der Waals surface area contributed by atoms with Crippen LogP contribution < -0.4 is 15.4 Å². The van der Waals surface area contributed by atoms with Gasteiger partial charge in [0.25, 0.3) is 0 Å². The second kappa shape index (κ2) is 15.8. The zero-order valence-electron chi connectivity index (χ0n) is 26.9. The predicted molar refractivity (Wildman–Crippen MR) is 195 cm³/mol. The molecule has 0 aliphatic carbocycles. The number of nitrogens with one attached hydrogen (secondary N) is 3. The highest BCUT2D eigenvalue weighted by atomic mass is 127. The molecule has 0 bridgehead atoms. The van der Waals surface area contributed by atoms with Gasteiger partial charge < -0.3 is 15.4 Å². The Bertz CT molecular complexity index is 1850. The highest BCUT2D eigenvalue weighted by Gasteiger charge is 2.35. The molecule has 2 aromatic heterocycles. The molecule has 250 valence electrons. The molecule has 0 fully saturated rings. The summed E-state index contributed by atoms with van der Waals surface area (Å²) in [5.74, 6) is -0.482. The third kappa shape index (κ3) is 7.96. The van der Waals surface area contributed by atoms with Crippen LogP contribution in [0.1, 0.15) is 61.9 Å². The SMILES string of the molecule is CCNc1ccc([C@@H](CC(=O)Nc2ccncc2)c2ccc(C)c(CN3C[C@@H](CC)Oc4ncccc4S3(=O)=O)c2)c(C)c1N=N.I.[HH]. The molecule has 1 amide bonds. The van der Waals surface area contributed by atoms with Gasteiger partial charge in [-0.05, 0) is 85.3 Å². The number of rotatable bonds is 11. The molecule has 1 aliphatic heterocycles. The van der Waals surface area contributed by atoms with E-state index in [1.165, 1.54) is 16.6 Å². The Morgan fingerprint density at radius 3 is 2.60 bits per heavy atom. The third-order valence-electron chi connectivity index (χ3n) is 8.30. The molecule has 11 nitrogen and oxygen atoms in total. The molecular formula is C34H42IN7O4S. The highest BCUT2D eigenvalue weighted by molar-refractivity contribution is 14.0. The Balaban J connectivity index is 0.00000312. The molecule has 2 atom stereocenters. The quantitative estimate of drug-likeness (QED) is 0.105. The molecule has 1 aliphatic rings. The maximum Gasteiger partial charge on any atom is 0.248 e. The largest absolute Gasteiger partial charge is 0.472 e. The summed E-state index contributed by atoms with van der Waals surface area (Å²) in [4.78, 5) is 21.8. The number of hydrogen-bond acceptors (Lipinski definition) is 9. The Hall–Kier alpha value is -3.95. The van der Waals surface area contributed by atoms with E-state index in [0.29, 0.717) is 24.3 Å². The van der Waals surface area contributed by atoms with Crippen molar-refractivity contribution >= 4 is 57.0 Å². The van der Waals surface area contributed by atoms with Crippen LogP contribution in [0.5, 0.6) is 5.88 Å². The number of aryl methyl sites for hydroxylation is 1. The van der Waals surface area contributed by atoms with Crippen molar-refractivity contribution in [3.63, 3.8) is 0 Å². The Morgan fingerprint density at radius 2 is 1.89 bits per heavy atom. The number of pyridine rings is 2. The van der Waals surface area contributed by atoms with E-state index in [1.807, 2.05) is 58.0 Å². The summed E-state index contributed by atoms with van der Waals surface area (Å²) in [7, 11) is -3.91. The molecule has 3 heterocycles. The van der Waals surface area contributed by atoms with Crippen molar-refractivity contribution in [3.05, 3.63) is 101 Å². The number of halogens is 1. The molecule has 0 spiro atoms. The van der Waals surface area contributed by atoms with Crippen LogP contribution in [0.2, 0.25) is 0 Å². The third-order valence-corrected chi connectivity index (χ3v) is 10.1. The van der Waals surface area contributed by atoms with Gasteiger partial charge in [0, 0.05) is 51.1 Å². The first-order valence-electron chi connectivity index (χ1n) is 15.3. The Morgan fingerprint density at radius 1 is 1.13 bits per heavy atom. The van der Waals surface area contributed by atoms with Gasteiger partial charge in [0.2, 0.25) is 21.8 Å². The minimum atomic E-state index is -3.91. The molecule has 13 heteroatoms. The number of hydrogen-bond donors (Lipinski definition) is 3. The van der Waals surface area contributed by atoms with Crippen molar-refractivity contribution < 1.29 is 19.4 Å². The van der Waals surface area contributed by atoms with Crippen LogP contribution in [0.15, 0.2) is 83.2 Å². The van der Waals surface area contributed by atoms with Gasteiger partial charge in [-0.15, -0.1) is 24.0 Å². The monoisotopic (exact) mass is 771 g/mol. The number of aromatic nitrogens is 2. The lowest BCUT2D eigenvalue weighted by atomic mass is 9.83. The summed E-state index contributed by atoms with van der Waals surface area (Å²) in [5, 5.41) is 10.1. The number of nitrogens with zero attached hydrogens (tertiary/aromatic N) is 4. The predicted octanol–water partition coefficient (Wildman–Crippen LogP) is 7.57. The Labute approximate surface area is 294 Å². The fourth-order valence-corrected chi connectivity index (χ4v) is 7.28. The average Bonchev–Trinajstić information content (AvgIpc) is 3.15. The summed E-state index contributed by atoms with van der Waals surface area (Å²) in [6.07, 6.45) is 5.12. The van der Waals surface area contributed by atoms with E-state index in [1.54, 1.807) is 30.6 Å². The van der Waals surface area contributed by atoms with Gasteiger partial charge in [0.15, 0.2) is 0 Å². The topological polar surface area (TPSA) is 150 Å². The number of benzene rings is 2. The molecule has 0 saturated heterocycles. The summed E-state index contributed by atoms with van der Waals surface area (Å²) >= 11 is 0. The number of carbonyl (C=O) groups is 1. The molecular weight excluding hydrogens is 729 g/mol. The van der Waals surface area contributed by atoms with Crippen LogP contribution >= 0.6 is 24.0 Å². The average molecular weight is 772 g/mol. The van der Waals surface area contributed by atoms with Gasteiger partial charge in [-0.25, -0.2) is 18.9 Å². The summed E-state index contributed by atoms with van der Waals surface area (Å²) in [6, 6.07) is 16.4. The number of anilines is 2. The van der Waals surface area contributed by atoms with Crippen LogP contribution in [0.4, 0.5) is 17.1 Å². The van der Waals surface area contributed by atoms with Gasteiger partial charge in [0.05, 0.1) is 12.2 Å². The van der Waals surface area contributed by atoms with Crippen LogP contribution in [0.3, 0.4) is 0 Å². The van der Waals surface area contributed by atoms with E-state index in [-0.39, 0.29) is 67.7 Å². The molecule has 5 rings (SSSR count). The molecule has 4 aromatic rings. The lowest BCUT2D eigenvalue weighted by Gasteiger charge is -2.25. The highest BCUT2D eigenvalue weighted by Crippen LogP contribution is 2.39. The number of ether oxygens (including phenoxy) is 1. The lowest BCUT2D eigenvalue weighted by Crippen LogP contribution is -2.36. The number of fused-ring (bicyclic) bond motifs is 1. The first-order valence-corrected chi connectivity index (χ1v) is 16.8. The fraction of sp³-hybridized carbons (Fsp3) is 0.324. The summed E-state index contributed by atoms with van der Waals surface area (Å²) in [6.45, 7) is 8.76. The smallest absolute Gasteiger partial charge is 0.248 e. The summed E-state index contributed by atoms with van der Waals surface area (Å²) < 4.78 is 35.2. The zero-order chi connectivity index (χ0) is 32.8. The molecule has 2 aromatic carbocycles. The van der Waals surface area contributed by atoms with E-state index in [4.69, 9.17) is 10.3 Å². The van der Waals surface area contributed by atoms with Crippen molar-refractivity contribution in [1.82, 2.24) is 14.3 Å². The molecule has 0 radical (unpaired) electrons. The van der Waals surface area contributed by atoms with E-state index in [2.05, 4.69) is 25.7 Å². The minimum absolute atomic E-state index is 0. The molecule has 0 unspecified atom stereocenters.